The van der Waals surface area contributed by atoms with Crippen LogP contribution in [-0.4, -0.2) is 13.1 Å². The maximum atomic E-state index is 6.12. The van der Waals surface area contributed by atoms with Gasteiger partial charge in [-0.3, -0.25) is 0 Å². The number of aryl methyl sites for hydroxylation is 1. The number of benzene rings is 2. The summed E-state index contributed by atoms with van der Waals surface area (Å²) in [5, 5.41) is 3.42. The van der Waals surface area contributed by atoms with Crippen molar-refractivity contribution in [3.05, 3.63) is 65.2 Å². The Morgan fingerprint density at radius 3 is 2.64 bits per heavy atom. The monoisotopic (exact) mass is 369 g/mol. The Balaban J connectivity index is 0.00000176. The zero-order chi connectivity index (χ0) is 14.5. The number of piperidine rings is 1. The van der Waals surface area contributed by atoms with Gasteiger partial charge in [-0.15, -0.1) is 11.6 Å². The third kappa shape index (κ3) is 4.65. The van der Waals surface area contributed by atoms with Crippen molar-refractivity contribution in [3.8, 4) is 5.75 Å². The van der Waals surface area contributed by atoms with Gasteiger partial charge in [-0.1, -0.05) is 43.2 Å². The first-order valence-electron chi connectivity index (χ1n) is 7.72. The summed E-state index contributed by atoms with van der Waals surface area (Å²) in [6, 6.07) is 17.9. The van der Waals surface area contributed by atoms with Gasteiger partial charge >= 0.3 is 0 Å². The van der Waals surface area contributed by atoms with E-state index in [4.69, 9.17) is 4.74 Å². The minimum atomic E-state index is 0. The van der Waals surface area contributed by atoms with Crippen molar-refractivity contribution in [2.45, 2.75) is 32.3 Å². The van der Waals surface area contributed by atoms with Crippen LogP contribution in [0.15, 0.2) is 42.5 Å². The quantitative estimate of drug-likeness (QED) is 0.827. The van der Waals surface area contributed by atoms with E-state index >= 15 is 0 Å². The fourth-order valence-corrected chi connectivity index (χ4v) is 2.90. The summed E-state index contributed by atoms with van der Waals surface area (Å²) in [7, 11) is 0. The molecule has 1 fully saturated rings. The van der Waals surface area contributed by atoms with Crippen molar-refractivity contribution in [2.24, 2.45) is 0 Å². The van der Waals surface area contributed by atoms with E-state index in [0.29, 0.717) is 12.5 Å². The van der Waals surface area contributed by atoms with Crippen molar-refractivity contribution >= 4 is 0 Å². The largest absolute Gasteiger partial charge is 0.514 e. The zero-order valence-corrected chi connectivity index (χ0v) is 16.0. The third-order valence-corrected chi connectivity index (χ3v) is 4.10. The molecule has 2 nitrogen and oxygen atoms in total. The molecule has 1 aliphatic rings. The molecular weight excluding hydrogens is 347 g/mol. The smallest absolute Gasteiger partial charge is 0.110 e. The molecule has 3 heteroatoms. The van der Waals surface area contributed by atoms with E-state index in [-0.39, 0.29) is 32.7 Å². The van der Waals surface area contributed by atoms with Gasteiger partial charge in [-0.25, -0.2) is 0 Å². The van der Waals surface area contributed by atoms with Gasteiger partial charge in [0.25, 0.3) is 0 Å². The third-order valence-electron chi connectivity index (χ3n) is 4.10. The Labute approximate surface area is 158 Å². The van der Waals surface area contributed by atoms with Gasteiger partial charge in [-0.05, 0) is 31.5 Å². The Hall–Kier alpha value is -0.696. The molecule has 1 heterocycles. The second-order valence-corrected chi connectivity index (χ2v) is 5.73. The molecule has 2 aromatic rings. The van der Waals surface area contributed by atoms with Gasteiger partial charge in [-0.2, -0.15) is 17.7 Å². The van der Waals surface area contributed by atoms with Crippen LogP contribution in [0.5, 0.6) is 5.75 Å². The standard InChI is InChI=1S/C19H22NO.Y/c1-15-7-8-18(17-9-11-20-12-10-17)19(13-15)21-14-16-5-3-2-4-6-16;/h2-6,8,13,17,20H,9-12,14H2,1H3;/q-1;. The van der Waals surface area contributed by atoms with Crippen molar-refractivity contribution in [3.63, 3.8) is 0 Å². The molecular formula is C19H22NOY-. The summed E-state index contributed by atoms with van der Waals surface area (Å²) in [6.07, 6.45) is 2.36. The van der Waals surface area contributed by atoms with Gasteiger partial charge in [0, 0.05) is 38.5 Å². The maximum absolute atomic E-state index is 6.12. The Morgan fingerprint density at radius 1 is 1.18 bits per heavy atom. The van der Waals surface area contributed by atoms with Crippen LogP contribution in [-0.2, 0) is 39.3 Å². The predicted octanol–water partition coefficient (Wildman–Crippen LogP) is 3.84. The number of hydrogen-bond donors (Lipinski definition) is 1. The van der Waals surface area contributed by atoms with E-state index in [1.807, 2.05) is 6.07 Å². The summed E-state index contributed by atoms with van der Waals surface area (Å²) in [5.74, 6) is 1.62. The van der Waals surface area contributed by atoms with Crippen LogP contribution in [0.1, 0.15) is 35.4 Å². The van der Waals surface area contributed by atoms with Crippen molar-refractivity contribution in [2.75, 3.05) is 13.1 Å². The number of ether oxygens (including phenoxy) is 1. The van der Waals surface area contributed by atoms with Crippen LogP contribution >= 0.6 is 0 Å². The molecule has 2 aromatic carbocycles. The second-order valence-electron chi connectivity index (χ2n) is 5.73. The van der Waals surface area contributed by atoms with Gasteiger partial charge in [0.2, 0.25) is 0 Å². The van der Waals surface area contributed by atoms with Crippen LogP contribution in [0.25, 0.3) is 0 Å². The van der Waals surface area contributed by atoms with Crippen molar-refractivity contribution in [1.29, 1.82) is 0 Å². The van der Waals surface area contributed by atoms with E-state index in [9.17, 15) is 0 Å². The van der Waals surface area contributed by atoms with Gasteiger partial charge < -0.3 is 10.1 Å². The molecule has 0 spiro atoms. The van der Waals surface area contributed by atoms with Crippen LogP contribution in [0.4, 0.5) is 0 Å². The summed E-state index contributed by atoms with van der Waals surface area (Å²) >= 11 is 0. The Kier molecular flexibility index (Phi) is 7.07. The molecule has 1 N–H and O–H groups in total. The first kappa shape index (κ1) is 17.7. The summed E-state index contributed by atoms with van der Waals surface area (Å²) < 4.78 is 6.12. The van der Waals surface area contributed by atoms with Crippen molar-refractivity contribution < 1.29 is 37.4 Å². The van der Waals surface area contributed by atoms with Crippen LogP contribution in [0, 0.1) is 13.0 Å². The van der Waals surface area contributed by atoms with E-state index < -0.39 is 0 Å². The van der Waals surface area contributed by atoms with E-state index in [1.165, 1.54) is 24.0 Å². The molecule has 1 saturated heterocycles. The molecule has 1 radical (unpaired) electrons. The number of rotatable bonds is 4. The molecule has 1 aliphatic heterocycles. The number of hydrogen-bond acceptors (Lipinski definition) is 2. The first-order chi connectivity index (χ1) is 10.3. The topological polar surface area (TPSA) is 21.3 Å². The second kappa shape index (κ2) is 8.81. The van der Waals surface area contributed by atoms with E-state index in [1.54, 1.807) is 0 Å². The molecule has 3 rings (SSSR count). The fourth-order valence-electron chi connectivity index (χ4n) is 2.90. The van der Waals surface area contributed by atoms with Gasteiger partial charge in [0.1, 0.15) is 6.61 Å². The van der Waals surface area contributed by atoms with Crippen LogP contribution < -0.4 is 10.1 Å². The van der Waals surface area contributed by atoms with E-state index in [0.717, 1.165) is 24.4 Å². The summed E-state index contributed by atoms with van der Waals surface area (Å²) in [4.78, 5) is 0. The molecule has 0 saturated carbocycles. The number of nitrogens with one attached hydrogen (secondary N) is 1. The normalized spacial score (nSPS) is 15.1. The summed E-state index contributed by atoms with van der Waals surface area (Å²) in [5.41, 5.74) is 3.66. The average molecular weight is 369 g/mol. The molecule has 0 unspecified atom stereocenters. The first-order valence-corrected chi connectivity index (χ1v) is 7.72. The van der Waals surface area contributed by atoms with Gasteiger partial charge in [0.15, 0.2) is 0 Å². The minimum absolute atomic E-state index is 0. The van der Waals surface area contributed by atoms with Crippen molar-refractivity contribution in [1.82, 2.24) is 5.32 Å². The van der Waals surface area contributed by atoms with Gasteiger partial charge in [0.05, 0.1) is 0 Å². The molecule has 0 amide bonds. The fraction of sp³-hybridized carbons (Fsp3) is 0.368. The predicted molar refractivity (Wildman–Crippen MR) is 85.6 cm³/mol. The molecule has 113 valence electrons. The van der Waals surface area contributed by atoms with Crippen LogP contribution in [0.2, 0.25) is 0 Å². The minimum Gasteiger partial charge on any atom is -0.514 e. The van der Waals surface area contributed by atoms with E-state index in [2.05, 4.69) is 54.7 Å². The zero-order valence-electron chi connectivity index (χ0n) is 13.1. The average Bonchev–Trinajstić information content (AvgIpc) is 2.55. The Bertz CT molecular complexity index is 579. The molecule has 0 aromatic heterocycles. The SMILES string of the molecule is Cc1[c-]cc(C2CCNCC2)c(OCc2ccccc2)c1.[Y]. The molecule has 0 bridgehead atoms. The molecule has 0 atom stereocenters. The molecule has 0 aliphatic carbocycles. The van der Waals surface area contributed by atoms with Crippen LogP contribution in [0.3, 0.4) is 0 Å². The summed E-state index contributed by atoms with van der Waals surface area (Å²) in [6.45, 7) is 4.89. The Morgan fingerprint density at radius 2 is 1.91 bits per heavy atom. The molecule has 22 heavy (non-hydrogen) atoms. The maximum Gasteiger partial charge on any atom is 0.110 e.